The highest BCUT2D eigenvalue weighted by molar-refractivity contribution is 5.90. The molecule has 0 radical (unpaired) electrons. The van der Waals surface area contributed by atoms with Gasteiger partial charge in [0.1, 0.15) is 17.2 Å². The second-order valence-electron chi connectivity index (χ2n) is 3.58. The molecule has 0 unspecified atom stereocenters. The molecule has 5 heteroatoms. The molecule has 0 aliphatic carbocycles. The summed E-state index contributed by atoms with van der Waals surface area (Å²) in [5.41, 5.74) is -1.56. The van der Waals surface area contributed by atoms with Gasteiger partial charge in [0.25, 0.3) is 0 Å². The highest BCUT2D eigenvalue weighted by Gasteiger charge is 2.24. The van der Waals surface area contributed by atoms with Crippen LogP contribution < -0.4 is 0 Å². The van der Waals surface area contributed by atoms with Crippen LogP contribution in [-0.4, -0.2) is 11.1 Å². The summed E-state index contributed by atoms with van der Waals surface area (Å²) in [6.45, 7) is 0. The molecule has 0 aliphatic heterocycles. The van der Waals surface area contributed by atoms with Crippen LogP contribution in [0.25, 0.3) is 11.1 Å². The maximum atomic E-state index is 13.9. The molecule has 0 fully saturated rings. The van der Waals surface area contributed by atoms with E-state index < -0.39 is 34.5 Å². The Kier molecular flexibility index (Phi) is 3.06. The summed E-state index contributed by atoms with van der Waals surface area (Å²) in [7, 11) is 0. The third-order valence-corrected chi connectivity index (χ3v) is 2.45. The number of carboxylic acids is 1. The van der Waals surface area contributed by atoms with E-state index in [0.717, 1.165) is 0 Å². The Balaban J connectivity index is 2.76. The molecular weight excluding hydrogens is 245 g/mol. The Labute approximate surface area is 100 Å². The Hall–Kier alpha value is -2.30. The topological polar surface area (TPSA) is 37.3 Å². The molecule has 0 aromatic heterocycles. The fourth-order valence-electron chi connectivity index (χ4n) is 1.66. The standard InChI is InChI=1S/C13H7F3O2/c14-8-6-9(15)11(13(17)18)12(16)10(8)7-4-2-1-3-5-7/h1-6H,(H,17,18). The van der Waals surface area contributed by atoms with Crippen LogP contribution in [0.2, 0.25) is 0 Å². The van der Waals surface area contributed by atoms with E-state index in [1.165, 1.54) is 24.3 Å². The summed E-state index contributed by atoms with van der Waals surface area (Å²) in [6, 6.07) is 7.90. The van der Waals surface area contributed by atoms with Crippen LogP contribution in [0, 0.1) is 17.5 Å². The van der Waals surface area contributed by atoms with Crippen molar-refractivity contribution in [3.8, 4) is 11.1 Å². The van der Waals surface area contributed by atoms with Gasteiger partial charge < -0.3 is 5.11 Å². The normalized spacial score (nSPS) is 10.4. The lowest BCUT2D eigenvalue weighted by Crippen LogP contribution is -2.07. The molecule has 0 amide bonds. The number of hydrogen-bond donors (Lipinski definition) is 1. The highest BCUT2D eigenvalue weighted by atomic mass is 19.1. The van der Waals surface area contributed by atoms with Crippen LogP contribution in [0.3, 0.4) is 0 Å². The van der Waals surface area contributed by atoms with Crippen molar-refractivity contribution in [3.05, 3.63) is 59.4 Å². The van der Waals surface area contributed by atoms with E-state index in [0.29, 0.717) is 6.07 Å². The first kappa shape index (κ1) is 12.2. The van der Waals surface area contributed by atoms with Crippen LogP contribution in [-0.2, 0) is 0 Å². The molecule has 0 aliphatic rings. The van der Waals surface area contributed by atoms with Crippen molar-refractivity contribution in [2.75, 3.05) is 0 Å². The molecule has 0 bridgehead atoms. The molecular formula is C13H7F3O2. The van der Waals surface area contributed by atoms with Gasteiger partial charge in [-0.2, -0.15) is 0 Å². The molecule has 1 N–H and O–H groups in total. The van der Waals surface area contributed by atoms with Crippen molar-refractivity contribution >= 4 is 5.97 Å². The molecule has 0 saturated carbocycles. The van der Waals surface area contributed by atoms with Crippen LogP contribution in [0.4, 0.5) is 13.2 Å². The summed E-state index contributed by atoms with van der Waals surface area (Å²) in [6.07, 6.45) is 0. The number of carboxylic acid groups (broad SMARTS) is 1. The summed E-state index contributed by atoms with van der Waals surface area (Å²) in [5, 5.41) is 8.71. The third kappa shape index (κ3) is 1.95. The Morgan fingerprint density at radius 1 is 1.00 bits per heavy atom. The van der Waals surface area contributed by atoms with Gasteiger partial charge in [-0.05, 0) is 5.56 Å². The van der Waals surface area contributed by atoms with Gasteiger partial charge in [0, 0.05) is 6.07 Å². The first-order valence-corrected chi connectivity index (χ1v) is 4.98. The van der Waals surface area contributed by atoms with Gasteiger partial charge in [-0.3, -0.25) is 0 Å². The van der Waals surface area contributed by atoms with E-state index in [-0.39, 0.29) is 5.56 Å². The molecule has 0 saturated heterocycles. The highest BCUT2D eigenvalue weighted by Crippen LogP contribution is 2.29. The molecule has 2 aromatic rings. The predicted octanol–water partition coefficient (Wildman–Crippen LogP) is 3.47. The number of rotatable bonds is 2. The van der Waals surface area contributed by atoms with Crippen LogP contribution >= 0.6 is 0 Å². The lowest BCUT2D eigenvalue weighted by Gasteiger charge is -2.08. The Bertz CT molecular complexity index is 609. The molecule has 0 atom stereocenters. The molecule has 0 heterocycles. The lowest BCUT2D eigenvalue weighted by molar-refractivity contribution is 0.0686. The van der Waals surface area contributed by atoms with E-state index in [1.54, 1.807) is 6.07 Å². The predicted molar refractivity (Wildman–Crippen MR) is 58.7 cm³/mol. The van der Waals surface area contributed by atoms with Crippen LogP contribution in [0.5, 0.6) is 0 Å². The average Bonchev–Trinajstić information content (AvgIpc) is 2.28. The SMILES string of the molecule is O=C(O)c1c(F)cc(F)c(-c2ccccc2)c1F. The fraction of sp³-hybridized carbons (Fsp3) is 0. The van der Waals surface area contributed by atoms with Gasteiger partial charge in [0.15, 0.2) is 5.82 Å². The molecule has 92 valence electrons. The van der Waals surface area contributed by atoms with Crippen molar-refractivity contribution < 1.29 is 23.1 Å². The Morgan fingerprint density at radius 2 is 1.61 bits per heavy atom. The van der Waals surface area contributed by atoms with E-state index in [1.807, 2.05) is 0 Å². The Morgan fingerprint density at radius 3 is 2.17 bits per heavy atom. The fourth-order valence-corrected chi connectivity index (χ4v) is 1.66. The quantitative estimate of drug-likeness (QED) is 0.888. The maximum absolute atomic E-state index is 13.9. The third-order valence-electron chi connectivity index (χ3n) is 2.45. The summed E-state index contributed by atoms with van der Waals surface area (Å²) in [4.78, 5) is 10.7. The second-order valence-corrected chi connectivity index (χ2v) is 3.58. The van der Waals surface area contributed by atoms with E-state index in [2.05, 4.69) is 0 Å². The van der Waals surface area contributed by atoms with Crippen molar-refractivity contribution in [2.24, 2.45) is 0 Å². The monoisotopic (exact) mass is 252 g/mol. The largest absolute Gasteiger partial charge is 0.477 e. The summed E-state index contributed by atoms with van der Waals surface area (Å²) >= 11 is 0. The zero-order chi connectivity index (χ0) is 13.3. The first-order valence-electron chi connectivity index (χ1n) is 4.98. The molecule has 2 nitrogen and oxygen atoms in total. The summed E-state index contributed by atoms with van der Waals surface area (Å²) in [5.74, 6) is -5.76. The maximum Gasteiger partial charge on any atom is 0.341 e. The second kappa shape index (κ2) is 4.52. The van der Waals surface area contributed by atoms with E-state index in [4.69, 9.17) is 5.11 Å². The molecule has 0 spiro atoms. The first-order chi connectivity index (χ1) is 8.52. The minimum Gasteiger partial charge on any atom is -0.477 e. The smallest absolute Gasteiger partial charge is 0.341 e. The zero-order valence-electron chi connectivity index (χ0n) is 8.95. The van der Waals surface area contributed by atoms with Crippen molar-refractivity contribution in [3.63, 3.8) is 0 Å². The van der Waals surface area contributed by atoms with E-state index >= 15 is 0 Å². The minimum atomic E-state index is -1.78. The minimum absolute atomic E-state index is 0.148. The van der Waals surface area contributed by atoms with Gasteiger partial charge >= 0.3 is 5.97 Å². The number of benzene rings is 2. The average molecular weight is 252 g/mol. The number of hydrogen-bond acceptors (Lipinski definition) is 1. The van der Waals surface area contributed by atoms with Gasteiger partial charge in [-0.25, -0.2) is 18.0 Å². The van der Waals surface area contributed by atoms with Gasteiger partial charge in [0.05, 0.1) is 5.56 Å². The van der Waals surface area contributed by atoms with Crippen molar-refractivity contribution in [1.82, 2.24) is 0 Å². The number of halogens is 3. The molecule has 2 aromatic carbocycles. The van der Waals surface area contributed by atoms with Crippen LogP contribution in [0.15, 0.2) is 36.4 Å². The lowest BCUT2D eigenvalue weighted by atomic mass is 10.0. The van der Waals surface area contributed by atoms with Crippen molar-refractivity contribution in [2.45, 2.75) is 0 Å². The van der Waals surface area contributed by atoms with Crippen molar-refractivity contribution in [1.29, 1.82) is 0 Å². The van der Waals surface area contributed by atoms with Gasteiger partial charge in [-0.1, -0.05) is 30.3 Å². The molecule has 18 heavy (non-hydrogen) atoms. The van der Waals surface area contributed by atoms with Gasteiger partial charge in [0.2, 0.25) is 0 Å². The van der Waals surface area contributed by atoms with E-state index in [9.17, 15) is 18.0 Å². The summed E-state index contributed by atoms with van der Waals surface area (Å²) < 4.78 is 40.6. The van der Waals surface area contributed by atoms with Crippen LogP contribution in [0.1, 0.15) is 10.4 Å². The number of aromatic carboxylic acids is 1. The van der Waals surface area contributed by atoms with Gasteiger partial charge in [-0.15, -0.1) is 0 Å². The molecule has 2 rings (SSSR count). The zero-order valence-corrected chi connectivity index (χ0v) is 8.95. The number of carbonyl (C=O) groups is 1.